The first-order valence-electron chi connectivity index (χ1n) is 11.6. The van der Waals surface area contributed by atoms with E-state index >= 15 is 0 Å². The first-order chi connectivity index (χ1) is 15.2. The number of carbonyl (C=O) groups excluding carboxylic acids is 1. The van der Waals surface area contributed by atoms with E-state index in [1.165, 1.54) is 0 Å². The highest BCUT2D eigenvalue weighted by atomic mass is 16.5. The van der Waals surface area contributed by atoms with Gasteiger partial charge in [0.1, 0.15) is 5.75 Å². The number of benzene rings is 1. The lowest BCUT2D eigenvalue weighted by atomic mass is 9.91. The molecule has 2 atom stereocenters. The van der Waals surface area contributed by atoms with E-state index in [2.05, 4.69) is 50.5 Å². The number of amides is 1. The number of methoxy groups -OCH3 is 1. The van der Waals surface area contributed by atoms with Gasteiger partial charge in [0.15, 0.2) is 0 Å². The van der Waals surface area contributed by atoms with Crippen LogP contribution in [0, 0.1) is 0 Å². The Bertz CT molecular complexity index is 878. The number of nitrogens with one attached hydrogen (secondary N) is 2. The van der Waals surface area contributed by atoms with Crippen LogP contribution in [0.3, 0.4) is 0 Å². The molecule has 0 saturated carbocycles. The first kappa shape index (κ1) is 25.9. The third-order valence-electron chi connectivity index (χ3n) is 5.59. The first-order valence-corrected chi connectivity index (χ1v) is 11.6. The monoisotopic (exact) mass is 443 g/mol. The van der Waals surface area contributed by atoms with Crippen molar-refractivity contribution in [1.82, 2.24) is 10.3 Å². The molecule has 0 spiro atoms. The number of fused-ring (bicyclic) bond motifs is 1. The Hall–Kier alpha value is -2.38. The predicted octanol–water partition coefficient (Wildman–Crippen LogP) is 3.69. The Morgan fingerprint density at radius 3 is 2.56 bits per heavy atom. The fourth-order valence-electron chi connectivity index (χ4n) is 3.58. The minimum atomic E-state index is -0.455. The van der Waals surface area contributed by atoms with Crippen molar-refractivity contribution in [3.8, 4) is 5.75 Å². The molecule has 1 aromatic heterocycles. The molecular formula is C25H41N5O2. The molecule has 2 unspecified atom stereocenters. The molecule has 0 radical (unpaired) electrons. The number of aromatic nitrogens is 1. The Kier molecular flexibility index (Phi) is 9.72. The van der Waals surface area contributed by atoms with Gasteiger partial charge in [0.05, 0.1) is 24.4 Å². The largest absolute Gasteiger partial charge is 0.497 e. The summed E-state index contributed by atoms with van der Waals surface area (Å²) in [5.74, 6) is 0.716. The second kappa shape index (κ2) is 12.0. The quantitative estimate of drug-likeness (QED) is 0.372. The molecule has 2 rings (SSSR count). The van der Waals surface area contributed by atoms with E-state index in [9.17, 15) is 4.79 Å². The summed E-state index contributed by atoms with van der Waals surface area (Å²) in [6.45, 7) is 9.88. The van der Waals surface area contributed by atoms with E-state index in [4.69, 9.17) is 21.2 Å². The molecule has 6 N–H and O–H groups in total. The van der Waals surface area contributed by atoms with E-state index < -0.39 is 6.04 Å². The van der Waals surface area contributed by atoms with Gasteiger partial charge in [-0.15, -0.1) is 0 Å². The Balaban J connectivity index is 1.96. The summed E-state index contributed by atoms with van der Waals surface area (Å²) in [5, 5.41) is 7.58. The van der Waals surface area contributed by atoms with E-state index in [0.29, 0.717) is 19.5 Å². The highest BCUT2D eigenvalue weighted by Crippen LogP contribution is 2.31. The zero-order chi connectivity index (χ0) is 23.7. The minimum absolute atomic E-state index is 0.0274. The number of nitrogens with two attached hydrogens (primary N) is 2. The summed E-state index contributed by atoms with van der Waals surface area (Å²) in [6.07, 6.45) is 4.21. The van der Waals surface area contributed by atoms with E-state index in [1.807, 2.05) is 12.1 Å². The van der Waals surface area contributed by atoms with Crippen LogP contribution in [0.2, 0.25) is 0 Å². The highest BCUT2D eigenvalue weighted by molar-refractivity contribution is 5.92. The molecule has 1 amide bonds. The Morgan fingerprint density at radius 2 is 1.91 bits per heavy atom. The summed E-state index contributed by atoms with van der Waals surface area (Å²) < 4.78 is 5.49. The Labute approximate surface area is 192 Å². The van der Waals surface area contributed by atoms with E-state index in [0.717, 1.165) is 53.7 Å². The molecule has 7 nitrogen and oxygen atoms in total. The van der Waals surface area contributed by atoms with Crippen molar-refractivity contribution in [3.05, 3.63) is 30.0 Å². The molecule has 0 aliphatic carbocycles. The molecule has 178 valence electrons. The van der Waals surface area contributed by atoms with Gasteiger partial charge in [-0.05, 0) is 51.3 Å². The van der Waals surface area contributed by atoms with Crippen molar-refractivity contribution in [3.63, 3.8) is 0 Å². The average Bonchev–Trinajstić information content (AvgIpc) is 2.75. The van der Waals surface area contributed by atoms with Gasteiger partial charge >= 0.3 is 0 Å². The molecule has 0 aliphatic rings. The van der Waals surface area contributed by atoms with Gasteiger partial charge in [-0.2, -0.15) is 0 Å². The molecule has 0 aliphatic heterocycles. The summed E-state index contributed by atoms with van der Waals surface area (Å²) >= 11 is 0. The number of hydrogen-bond donors (Lipinski definition) is 4. The lowest BCUT2D eigenvalue weighted by molar-refractivity contribution is -0.122. The van der Waals surface area contributed by atoms with E-state index in [-0.39, 0.29) is 17.4 Å². The Morgan fingerprint density at radius 1 is 1.16 bits per heavy atom. The molecular weight excluding hydrogens is 402 g/mol. The molecule has 7 heteroatoms. The van der Waals surface area contributed by atoms with Gasteiger partial charge in [0.2, 0.25) is 5.91 Å². The van der Waals surface area contributed by atoms with Crippen LogP contribution < -0.4 is 26.8 Å². The number of ether oxygens (including phenoxy) is 1. The number of nitrogens with zero attached hydrogens (tertiary/aromatic N) is 1. The van der Waals surface area contributed by atoms with Crippen LogP contribution in [-0.4, -0.2) is 43.2 Å². The summed E-state index contributed by atoms with van der Waals surface area (Å²) in [6, 6.07) is 7.95. The second-order valence-corrected chi connectivity index (χ2v) is 9.56. The van der Waals surface area contributed by atoms with Crippen molar-refractivity contribution in [2.24, 2.45) is 11.5 Å². The van der Waals surface area contributed by atoms with Crippen molar-refractivity contribution >= 4 is 22.5 Å². The SMILES string of the molecule is COc1cc(NC(C)CCCNC(=O)C(N)CCCCN)c2nc(C(C)(C)C)ccc2c1. The second-order valence-electron chi connectivity index (χ2n) is 9.56. The fourth-order valence-corrected chi connectivity index (χ4v) is 3.58. The predicted molar refractivity (Wildman–Crippen MR) is 133 cm³/mol. The molecule has 0 saturated heterocycles. The number of carbonyl (C=O) groups is 1. The molecule has 0 bridgehead atoms. The number of rotatable bonds is 12. The molecule has 1 aromatic carbocycles. The molecule has 32 heavy (non-hydrogen) atoms. The third kappa shape index (κ3) is 7.64. The maximum atomic E-state index is 12.1. The average molecular weight is 444 g/mol. The summed E-state index contributed by atoms with van der Waals surface area (Å²) in [5.41, 5.74) is 14.4. The van der Waals surface area contributed by atoms with Crippen molar-refractivity contribution < 1.29 is 9.53 Å². The summed E-state index contributed by atoms with van der Waals surface area (Å²) in [4.78, 5) is 17.0. The third-order valence-corrected chi connectivity index (χ3v) is 5.59. The molecule has 1 heterocycles. The van der Waals surface area contributed by atoms with Gasteiger partial charge in [0.25, 0.3) is 0 Å². The van der Waals surface area contributed by atoms with Crippen LogP contribution in [0.25, 0.3) is 10.9 Å². The van der Waals surface area contributed by atoms with E-state index in [1.54, 1.807) is 7.11 Å². The zero-order valence-corrected chi connectivity index (χ0v) is 20.3. The van der Waals surface area contributed by atoms with Gasteiger partial charge < -0.3 is 26.8 Å². The van der Waals surface area contributed by atoms with Gasteiger partial charge in [0, 0.05) is 35.1 Å². The van der Waals surface area contributed by atoms with Crippen LogP contribution in [0.15, 0.2) is 24.3 Å². The highest BCUT2D eigenvalue weighted by Gasteiger charge is 2.18. The number of unbranched alkanes of at least 4 members (excludes halogenated alkanes) is 1. The maximum absolute atomic E-state index is 12.1. The number of anilines is 1. The number of pyridine rings is 1. The zero-order valence-electron chi connectivity index (χ0n) is 20.3. The van der Waals surface area contributed by atoms with Crippen molar-refractivity contribution in [2.75, 3.05) is 25.5 Å². The lowest BCUT2D eigenvalue weighted by Crippen LogP contribution is -2.41. The minimum Gasteiger partial charge on any atom is -0.497 e. The normalized spacial score (nSPS) is 13.6. The van der Waals surface area contributed by atoms with Crippen LogP contribution >= 0.6 is 0 Å². The van der Waals surface area contributed by atoms with Crippen LogP contribution in [0.4, 0.5) is 5.69 Å². The summed E-state index contributed by atoms with van der Waals surface area (Å²) in [7, 11) is 1.68. The van der Waals surface area contributed by atoms with Crippen LogP contribution in [-0.2, 0) is 10.2 Å². The number of hydrogen-bond acceptors (Lipinski definition) is 6. The fraction of sp³-hybridized carbons (Fsp3) is 0.600. The maximum Gasteiger partial charge on any atom is 0.236 e. The standard InChI is InChI=1S/C25H41N5O2/c1-17(9-8-14-28-24(31)20(27)10-6-7-13-26)29-21-16-19(32-5)15-18-11-12-22(25(2,3)4)30-23(18)21/h11-12,15-17,20,29H,6-10,13-14,26-27H2,1-5H3,(H,28,31). The van der Waals surface area contributed by atoms with Crippen LogP contribution in [0.5, 0.6) is 5.75 Å². The van der Waals surface area contributed by atoms with Crippen LogP contribution in [0.1, 0.15) is 65.5 Å². The lowest BCUT2D eigenvalue weighted by Gasteiger charge is -2.21. The van der Waals surface area contributed by atoms with Gasteiger partial charge in [-0.25, -0.2) is 0 Å². The topological polar surface area (TPSA) is 115 Å². The van der Waals surface area contributed by atoms with Crippen molar-refractivity contribution in [1.29, 1.82) is 0 Å². The molecule has 0 fully saturated rings. The van der Waals surface area contributed by atoms with Gasteiger partial charge in [-0.3, -0.25) is 9.78 Å². The van der Waals surface area contributed by atoms with Gasteiger partial charge in [-0.1, -0.05) is 33.3 Å². The van der Waals surface area contributed by atoms with Crippen molar-refractivity contribution in [2.45, 2.75) is 77.3 Å². The molecule has 2 aromatic rings. The smallest absolute Gasteiger partial charge is 0.236 e.